The molecule has 0 radical (unpaired) electrons. The summed E-state index contributed by atoms with van der Waals surface area (Å²) in [5.41, 5.74) is 13.2. The Balaban J connectivity index is 2.89. The molecule has 88 valence electrons. The minimum atomic E-state index is 0.261. The molecule has 0 rings (SSSR count). The molecule has 0 saturated carbocycles. The van der Waals surface area contributed by atoms with Crippen LogP contribution < -0.4 is 5.73 Å². The van der Waals surface area contributed by atoms with Crippen molar-refractivity contribution in [1.82, 2.24) is 0 Å². The van der Waals surface area contributed by atoms with Crippen molar-refractivity contribution in [3.05, 3.63) is 10.4 Å². The van der Waals surface area contributed by atoms with Crippen LogP contribution in [0.1, 0.15) is 12.8 Å². The number of azide groups is 1. The van der Waals surface area contributed by atoms with Crippen molar-refractivity contribution >= 4 is 0 Å². The van der Waals surface area contributed by atoms with Crippen LogP contribution in [-0.4, -0.2) is 39.6 Å². The number of unbranched alkanes of at least 4 members (excludes halogenated alkanes) is 1. The Hall–Kier alpha value is -1.01. The van der Waals surface area contributed by atoms with E-state index in [1.165, 1.54) is 0 Å². The highest BCUT2D eigenvalue weighted by molar-refractivity contribution is 4.39. The molecule has 0 saturated heterocycles. The summed E-state index contributed by atoms with van der Waals surface area (Å²) in [4.78, 5) is 6.89. The van der Waals surface area contributed by atoms with Crippen LogP contribution in [0.25, 0.3) is 10.4 Å². The first-order valence-electron chi connectivity index (χ1n) is 4.93. The second kappa shape index (κ2) is 13.0. The van der Waals surface area contributed by atoms with Crippen molar-refractivity contribution in [2.24, 2.45) is 11.0 Å². The van der Waals surface area contributed by atoms with E-state index in [0.717, 1.165) is 19.4 Å². The Morgan fingerprint density at radius 1 is 1.00 bits per heavy atom. The molecule has 7 heteroatoms. The van der Waals surface area contributed by atoms with Gasteiger partial charge in [0.05, 0.1) is 19.8 Å². The van der Waals surface area contributed by atoms with Gasteiger partial charge in [0, 0.05) is 11.5 Å². The van der Waals surface area contributed by atoms with Crippen LogP contribution in [0, 0.1) is 0 Å². The van der Waals surface area contributed by atoms with Gasteiger partial charge in [0.1, 0.15) is 11.9 Å². The summed E-state index contributed by atoms with van der Waals surface area (Å²) in [6.45, 7) is 3.16. The van der Waals surface area contributed by atoms with Gasteiger partial charge in [-0.3, -0.25) is 0 Å². The number of nitrogens with two attached hydrogens (primary N) is 1. The second-order valence-electron chi connectivity index (χ2n) is 2.72. The van der Waals surface area contributed by atoms with Gasteiger partial charge in [-0.25, -0.2) is 0 Å². The third kappa shape index (κ3) is 13.0. The number of hydrogen-bond donors (Lipinski definition) is 1. The maximum Gasteiger partial charge on any atom is 0.120 e. The first-order valence-corrected chi connectivity index (χ1v) is 4.93. The normalized spacial score (nSPS) is 9.67. The molecule has 0 fully saturated rings. The molecule has 0 aliphatic rings. The molecule has 0 unspecified atom stereocenters. The third-order valence-corrected chi connectivity index (χ3v) is 1.53. The molecule has 0 aromatic heterocycles. The molecule has 15 heavy (non-hydrogen) atoms. The van der Waals surface area contributed by atoms with Crippen LogP contribution >= 0.6 is 0 Å². The lowest BCUT2D eigenvalue weighted by atomic mass is 10.3. The Kier molecular flexibility index (Phi) is 12.1. The third-order valence-electron chi connectivity index (χ3n) is 1.53. The first-order chi connectivity index (χ1) is 7.41. The molecule has 7 nitrogen and oxygen atoms in total. The van der Waals surface area contributed by atoms with Gasteiger partial charge in [0.2, 0.25) is 0 Å². The number of nitrogens with zero attached hydrogens (tertiary/aromatic N) is 3. The van der Waals surface area contributed by atoms with Crippen molar-refractivity contribution in [3.8, 4) is 0 Å². The van der Waals surface area contributed by atoms with Gasteiger partial charge in [-0.1, -0.05) is 0 Å². The highest BCUT2D eigenvalue weighted by Crippen LogP contribution is 1.88. The van der Waals surface area contributed by atoms with Crippen molar-refractivity contribution in [2.75, 3.05) is 39.6 Å². The largest absolute Gasteiger partial charge is 0.431 e. The van der Waals surface area contributed by atoms with Crippen molar-refractivity contribution in [2.45, 2.75) is 12.8 Å². The monoisotopic (exact) mass is 218 g/mol. The molecular formula is C8H18N4O3. The molecule has 0 bridgehead atoms. The van der Waals surface area contributed by atoms with E-state index in [1.807, 2.05) is 0 Å². The summed E-state index contributed by atoms with van der Waals surface area (Å²) in [6, 6.07) is 0. The average molecular weight is 218 g/mol. The van der Waals surface area contributed by atoms with Gasteiger partial charge in [0.15, 0.2) is 0 Å². The fourth-order valence-corrected chi connectivity index (χ4v) is 0.833. The molecular weight excluding hydrogens is 200 g/mol. The van der Waals surface area contributed by atoms with Gasteiger partial charge < -0.3 is 20.0 Å². The smallest absolute Gasteiger partial charge is 0.120 e. The predicted molar refractivity (Wildman–Crippen MR) is 55.0 cm³/mol. The van der Waals surface area contributed by atoms with Crippen LogP contribution in [0.2, 0.25) is 0 Å². The lowest BCUT2D eigenvalue weighted by Gasteiger charge is -2.04. The van der Waals surface area contributed by atoms with Crippen LogP contribution in [0.4, 0.5) is 0 Å². The molecule has 0 amide bonds. The molecule has 2 N–H and O–H groups in total. The van der Waals surface area contributed by atoms with E-state index in [9.17, 15) is 0 Å². The topological polar surface area (TPSA) is 102 Å². The standard InChI is InChI=1S/C8H18N4O3/c9-3-1-2-4-13-5-6-14-7-8-15-12-11-10/h1-9H2. The molecule has 0 aromatic carbocycles. The van der Waals surface area contributed by atoms with E-state index in [1.54, 1.807) is 0 Å². The lowest BCUT2D eigenvalue weighted by Crippen LogP contribution is -2.09. The highest BCUT2D eigenvalue weighted by atomic mass is 16.7. The maximum atomic E-state index is 7.87. The van der Waals surface area contributed by atoms with Gasteiger partial charge in [0.25, 0.3) is 0 Å². The summed E-state index contributed by atoms with van der Waals surface area (Å²) in [5.74, 6) is 0. The summed E-state index contributed by atoms with van der Waals surface area (Å²) in [5, 5.41) is 2.90. The van der Waals surface area contributed by atoms with E-state index < -0.39 is 0 Å². The predicted octanol–water partition coefficient (Wildman–Crippen LogP) is 1.00. The minimum absolute atomic E-state index is 0.261. The van der Waals surface area contributed by atoms with Gasteiger partial charge >= 0.3 is 0 Å². The van der Waals surface area contributed by atoms with Gasteiger partial charge in [-0.05, 0) is 24.9 Å². The van der Waals surface area contributed by atoms with Crippen molar-refractivity contribution in [3.63, 3.8) is 0 Å². The van der Waals surface area contributed by atoms with E-state index in [-0.39, 0.29) is 6.61 Å². The molecule has 0 atom stereocenters. The fraction of sp³-hybridized carbons (Fsp3) is 1.00. The van der Waals surface area contributed by atoms with Crippen molar-refractivity contribution < 1.29 is 14.3 Å². The fourth-order valence-electron chi connectivity index (χ4n) is 0.833. The van der Waals surface area contributed by atoms with E-state index in [4.69, 9.17) is 20.7 Å². The second-order valence-corrected chi connectivity index (χ2v) is 2.72. The molecule has 0 heterocycles. The first kappa shape index (κ1) is 14.0. The minimum Gasteiger partial charge on any atom is -0.431 e. The molecule has 0 aliphatic carbocycles. The lowest BCUT2D eigenvalue weighted by molar-refractivity contribution is 0.0140. The van der Waals surface area contributed by atoms with Crippen LogP contribution in [0.15, 0.2) is 5.28 Å². The summed E-state index contributed by atoms with van der Waals surface area (Å²) < 4.78 is 10.4. The quantitative estimate of drug-likeness (QED) is 0.184. The van der Waals surface area contributed by atoms with E-state index in [2.05, 4.69) is 15.0 Å². The van der Waals surface area contributed by atoms with Gasteiger partial charge in [-0.2, -0.15) is 0 Å². The maximum absolute atomic E-state index is 7.87. The van der Waals surface area contributed by atoms with Crippen molar-refractivity contribution in [1.29, 1.82) is 0 Å². The number of rotatable bonds is 11. The van der Waals surface area contributed by atoms with E-state index in [0.29, 0.717) is 26.4 Å². The van der Waals surface area contributed by atoms with Crippen LogP contribution in [-0.2, 0) is 14.3 Å². The summed E-state index contributed by atoms with van der Waals surface area (Å²) in [7, 11) is 0. The Bertz CT molecular complexity index is 173. The molecule has 0 aromatic rings. The Morgan fingerprint density at radius 2 is 1.67 bits per heavy atom. The molecule has 0 spiro atoms. The zero-order valence-electron chi connectivity index (χ0n) is 8.80. The Labute approximate surface area is 89.1 Å². The van der Waals surface area contributed by atoms with Gasteiger partial charge in [-0.15, -0.1) is 0 Å². The van der Waals surface area contributed by atoms with Crippen LogP contribution in [0.5, 0.6) is 0 Å². The summed E-state index contributed by atoms with van der Waals surface area (Å²) >= 11 is 0. The number of ether oxygens (including phenoxy) is 2. The van der Waals surface area contributed by atoms with Crippen LogP contribution in [0.3, 0.4) is 0 Å². The number of hydrogen-bond acceptors (Lipinski definition) is 5. The zero-order chi connectivity index (χ0) is 11.2. The average Bonchev–Trinajstić information content (AvgIpc) is 2.26. The SMILES string of the molecule is [N-]=[N+]=NOCCOCCOCCCCN. The molecule has 0 aliphatic heterocycles. The summed E-state index contributed by atoms with van der Waals surface area (Å²) in [6.07, 6.45) is 1.97. The zero-order valence-corrected chi connectivity index (χ0v) is 8.80. The van der Waals surface area contributed by atoms with E-state index >= 15 is 0 Å². The Morgan fingerprint density at radius 3 is 2.33 bits per heavy atom. The highest BCUT2D eigenvalue weighted by Gasteiger charge is 1.90.